The summed E-state index contributed by atoms with van der Waals surface area (Å²) >= 11 is 1.66. The van der Waals surface area contributed by atoms with Crippen molar-refractivity contribution >= 4 is 34.3 Å². The van der Waals surface area contributed by atoms with Gasteiger partial charge in [0.2, 0.25) is 5.95 Å². The van der Waals surface area contributed by atoms with Crippen molar-refractivity contribution < 1.29 is 9.53 Å². The molecule has 1 aliphatic heterocycles. The van der Waals surface area contributed by atoms with Gasteiger partial charge < -0.3 is 10.1 Å². The van der Waals surface area contributed by atoms with Crippen LogP contribution in [0.25, 0.3) is 11.0 Å². The van der Waals surface area contributed by atoms with E-state index in [1.807, 2.05) is 45.0 Å². The number of carbonyl (C=O) groups is 1. The second kappa shape index (κ2) is 6.29. The molecule has 0 amide bonds. The van der Waals surface area contributed by atoms with Crippen LogP contribution in [-0.4, -0.2) is 21.6 Å². The number of benzene rings is 1. The first kappa shape index (κ1) is 16.8. The molecule has 5 nitrogen and oxygen atoms in total. The van der Waals surface area contributed by atoms with E-state index in [9.17, 15) is 4.79 Å². The van der Waals surface area contributed by atoms with E-state index in [1.54, 1.807) is 11.3 Å². The Hall–Kier alpha value is -2.60. The monoisotopic (exact) mass is 367 g/mol. The molecule has 1 aliphatic rings. The zero-order valence-electron chi connectivity index (χ0n) is 15.2. The van der Waals surface area contributed by atoms with Crippen molar-refractivity contribution in [3.63, 3.8) is 0 Å². The SMILES string of the molecule is CC1=C(C(=O)OC(C)C)[C@@H](c2sccc2C)n2c(nc3ccccc32)N1. The Kier molecular flexibility index (Phi) is 4.07. The fraction of sp³-hybridized carbons (Fsp3) is 0.300. The number of nitrogens with one attached hydrogen (secondary N) is 1. The fourth-order valence-electron chi connectivity index (χ4n) is 3.42. The van der Waals surface area contributed by atoms with Crippen molar-refractivity contribution in [3.8, 4) is 0 Å². The Balaban J connectivity index is 1.97. The summed E-state index contributed by atoms with van der Waals surface area (Å²) in [5.41, 5.74) is 4.49. The van der Waals surface area contributed by atoms with Crippen molar-refractivity contribution in [1.29, 1.82) is 0 Å². The molecular weight excluding hydrogens is 346 g/mol. The van der Waals surface area contributed by atoms with Crippen LogP contribution in [0.2, 0.25) is 0 Å². The number of fused-ring (bicyclic) bond motifs is 3. The third-order valence-corrected chi connectivity index (χ3v) is 5.61. The second-order valence-corrected chi connectivity index (χ2v) is 7.73. The maximum atomic E-state index is 13.0. The summed E-state index contributed by atoms with van der Waals surface area (Å²) in [6, 6.07) is 9.83. The quantitative estimate of drug-likeness (QED) is 0.685. The normalized spacial score (nSPS) is 16.7. The molecule has 0 bridgehead atoms. The summed E-state index contributed by atoms with van der Waals surface area (Å²) in [4.78, 5) is 18.8. The minimum atomic E-state index is -0.286. The average molecular weight is 367 g/mol. The summed E-state index contributed by atoms with van der Waals surface area (Å²) in [6.45, 7) is 7.73. The average Bonchev–Trinajstić information content (AvgIpc) is 3.15. The van der Waals surface area contributed by atoms with Crippen molar-refractivity contribution in [1.82, 2.24) is 9.55 Å². The molecule has 0 unspecified atom stereocenters. The minimum Gasteiger partial charge on any atom is -0.459 e. The third kappa shape index (κ3) is 2.61. The van der Waals surface area contributed by atoms with Crippen LogP contribution >= 0.6 is 11.3 Å². The Morgan fingerprint density at radius 3 is 2.73 bits per heavy atom. The molecule has 2 aromatic heterocycles. The molecule has 0 radical (unpaired) electrons. The number of aryl methyl sites for hydroxylation is 1. The maximum absolute atomic E-state index is 13.0. The van der Waals surface area contributed by atoms with E-state index in [2.05, 4.69) is 28.3 Å². The zero-order chi connectivity index (χ0) is 18.4. The highest BCUT2D eigenvalue weighted by molar-refractivity contribution is 7.10. The Labute approximate surface area is 156 Å². The highest BCUT2D eigenvalue weighted by Gasteiger charge is 2.36. The van der Waals surface area contributed by atoms with Crippen molar-refractivity contribution in [3.05, 3.63) is 57.4 Å². The Morgan fingerprint density at radius 1 is 1.27 bits per heavy atom. The van der Waals surface area contributed by atoms with Crippen molar-refractivity contribution in [2.75, 3.05) is 5.32 Å². The standard InChI is InChI=1S/C20H21N3O2S/c1-11(2)25-19(24)16-13(4)21-20-22-14-7-5-6-8-15(14)23(20)17(16)18-12(3)9-10-26-18/h5-11,17H,1-4H3,(H,21,22)/t17-/m0/s1. The number of aromatic nitrogens is 2. The second-order valence-electron chi connectivity index (χ2n) is 6.78. The van der Waals surface area contributed by atoms with Gasteiger partial charge in [-0.3, -0.25) is 4.57 Å². The van der Waals surface area contributed by atoms with E-state index in [4.69, 9.17) is 9.72 Å². The lowest BCUT2D eigenvalue weighted by molar-refractivity contribution is -0.143. The third-order valence-electron chi connectivity index (χ3n) is 4.54. The molecule has 3 heterocycles. The molecule has 0 spiro atoms. The minimum absolute atomic E-state index is 0.172. The summed E-state index contributed by atoms with van der Waals surface area (Å²) < 4.78 is 7.68. The lowest BCUT2D eigenvalue weighted by Crippen LogP contribution is -2.29. The van der Waals surface area contributed by atoms with Crippen LogP contribution in [0.15, 0.2) is 47.0 Å². The molecule has 26 heavy (non-hydrogen) atoms. The number of hydrogen-bond donors (Lipinski definition) is 1. The molecule has 1 N–H and O–H groups in total. The summed E-state index contributed by atoms with van der Waals surface area (Å²) in [5.74, 6) is 0.467. The molecule has 1 aromatic carbocycles. The molecule has 0 aliphatic carbocycles. The van der Waals surface area contributed by atoms with Gasteiger partial charge in [0, 0.05) is 10.6 Å². The number of hydrogen-bond acceptors (Lipinski definition) is 5. The largest absolute Gasteiger partial charge is 0.459 e. The number of anilines is 1. The van der Waals surface area contributed by atoms with Crippen LogP contribution in [-0.2, 0) is 9.53 Å². The van der Waals surface area contributed by atoms with Gasteiger partial charge in [-0.1, -0.05) is 12.1 Å². The van der Waals surface area contributed by atoms with Crippen LogP contribution in [0.1, 0.15) is 37.3 Å². The first-order valence-corrected chi connectivity index (χ1v) is 9.55. The fourth-order valence-corrected chi connectivity index (χ4v) is 4.44. The molecule has 1 atom stereocenters. The number of esters is 1. The molecule has 0 fully saturated rings. The molecule has 6 heteroatoms. The molecule has 0 saturated carbocycles. The molecule has 0 saturated heterocycles. The lowest BCUT2D eigenvalue weighted by Gasteiger charge is -2.30. The van der Waals surface area contributed by atoms with Gasteiger partial charge in [-0.2, -0.15) is 0 Å². The smallest absolute Gasteiger partial charge is 0.338 e. The molecular formula is C20H21N3O2S. The number of thiophene rings is 1. The highest BCUT2D eigenvalue weighted by atomic mass is 32.1. The number of ether oxygens (including phenoxy) is 1. The predicted molar refractivity (Wildman–Crippen MR) is 104 cm³/mol. The van der Waals surface area contributed by atoms with Gasteiger partial charge in [0.1, 0.15) is 6.04 Å². The molecule has 3 aromatic rings. The zero-order valence-corrected chi connectivity index (χ0v) is 16.1. The number of rotatable bonds is 3. The van der Waals surface area contributed by atoms with E-state index >= 15 is 0 Å². The van der Waals surface area contributed by atoms with Crippen molar-refractivity contribution in [2.45, 2.75) is 39.8 Å². The van der Waals surface area contributed by atoms with E-state index in [0.717, 1.165) is 33.1 Å². The maximum Gasteiger partial charge on any atom is 0.338 e. The van der Waals surface area contributed by atoms with Gasteiger partial charge in [0.25, 0.3) is 0 Å². The van der Waals surface area contributed by atoms with Gasteiger partial charge in [-0.15, -0.1) is 11.3 Å². The van der Waals surface area contributed by atoms with Crippen molar-refractivity contribution in [2.24, 2.45) is 0 Å². The number of nitrogens with zero attached hydrogens (tertiary/aromatic N) is 2. The van der Waals surface area contributed by atoms with Gasteiger partial charge in [-0.05, 0) is 56.8 Å². The summed E-state index contributed by atoms with van der Waals surface area (Å²) in [6.07, 6.45) is -0.172. The van der Waals surface area contributed by atoms with E-state index in [0.29, 0.717) is 5.57 Å². The van der Waals surface area contributed by atoms with E-state index < -0.39 is 0 Å². The van der Waals surface area contributed by atoms with Gasteiger partial charge in [0.05, 0.1) is 22.7 Å². The van der Waals surface area contributed by atoms with Gasteiger partial charge >= 0.3 is 5.97 Å². The summed E-state index contributed by atoms with van der Waals surface area (Å²) in [5, 5.41) is 5.36. The van der Waals surface area contributed by atoms with Crippen LogP contribution in [0.4, 0.5) is 5.95 Å². The van der Waals surface area contributed by atoms with Crippen LogP contribution in [0, 0.1) is 6.92 Å². The predicted octanol–water partition coefficient (Wildman–Crippen LogP) is 4.65. The van der Waals surface area contributed by atoms with Crippen LogP contribution in [0.3, 0.4) is 0 Å². The van der Waals surface area contributed by atoms with Crippen LogP contribution in [0.5, 0.6) is 0 Å². The number of carbonyl (C=O) groups excluding carboxylic acids is 1. The van der Waals surface area contributed by atoms with E-state index in [-0.39, 0.29) is 18.1 Å². The molecule has 134 valence electrons. The van der Waals surface area contributed by atoms with Gasteiger partial charge in [0.15, 0.2) is 0 Å². The van der Waals surface area contributed by atoms with Gasteiger partial charge in [-0.25, -0.2) is 9.78 Å². The number of imidazole rings is 1. The Bertz CT molecular complexity index is 1030. The lowest BCUT2D eigenvalue weighted by atomic mass is 9.99. The number of allylic oxidation sites excluding steroid dienone is 1. The summed E-state index contributed by atoms with van der Waals surface area (Å²) in [7, 11) is 0. The Morgan fingerprint density at radius 2 is 2.04 bits per heavy atom. The topological polar surface area (TPSA) is 56.2 Å². The first-order valence-electron chi connectivity index (χ1n) is 8.67. The van der Waals surface area contributed by atoms with Crippen LogP contribution < -0.4 is 5.32 Å². The highest BCUT2D eigenvalue weighted by Crippen LogP contribution is 2.42. The first-order chi connectivity index (χ1) is 12.5. The van der Waals surface area contributed by atoms with E-state index in [1.165, 1.54) is 0 Å². The number of para-hydroxylation sites is 2. The molecule has 4 rings (SSSR count).